The Bertz CT molecular complexity index is 530. The molecular weight excluding hydrogens is 252 g/mol. The molecule has 0 radical (unpaired) electrons. The lowest BCUT2D eigenvalue weighted by Gasteiger charge is -2.19. The molecule has 5 nitrogen and oxygen atoms in total. The predicted octanol–water partition coefficient (Wildman–Crippen LogP) is 1.34. The fourth-order valence-electron chi connectivity index (χ4n) is 1.90. The number of aromatic nitrogens is 1. The van der Waals surface area contributed by atoms with E-state index in [1.165, 1.54) is 4.31 Å². The van der Waals surface area contributed by atoms with Crippen molar-refractivity contribution in [3.05, 3.63) is 18.0 Å². The van der Waals surface area contributed by atoms with Gasteiger partial charge in [0.1, 0.15) is 4.90 Å². The molecule has 1 saturated carbocycles. The highest BCUT2D eigenvalue weighted by molar-refractivity contribution is 7.89. The van der Waals surface area contributed by atoms with E-state index in [0.29, 0.717) is 11.7 Å². The summed E-state index contributed by atoms with van der Waals surface area (Å²) in [4.78, 5) is 0.273. The van der Waals surface area contributed by atoms with Crippen molar-refractivity contribution in [3.63, 3.8) is 0 Å². The van der Waals surface area contributed by atoms with Crippen molar-refractivity contribution in [1.82, 2.24) is 8.87 Å². The highest BCUT2D eigenvalue weighted by atomic mass is 32.2. The van der Waals surface area contributed by atoms with E-state index in [9.17, 15) is 13.5 Å². The second-order valence-electron chi connectivity index (χ2n) is 5.08. The lowest BCUT2D eigenvalue weighted by molar-refractivity contribution is 0.270. The first-order valence-electron chi connectivity index (χ1n) is 6.17. The van der Waals surface area contributed by atoms with Gasteiger partial charge in [-0.1, -0.05) is 0 Å². The molecule has 6 heteroatoms. The third-order valence-electron chi connectivity index (χ3n) is 3.41. The van der Waals surface area contributed by atoms with Crippen molar-refractivity contribution in [1.29, 1.82) is 0 Å². The van der Waals surface area contributed by atoms with Crippen molar-refractivity contribution in [2.45, 2.75) is 50.3 Å². The molecule has 0 aliphatic heterocycles. The van der Waals surface area contributed by atoms with Crippen LogP contribution in [0.15, 0.2) is 17.2 Å². The highest BCUT2D eigenvalue weighted by Crippen LogP contribution is 2.37. The third kappa shape index (κ3) is 2.32. The maximum absolute atomic E-state index is 12.3. The van der Waals surface area contributed by atoms with Gasteiger partial charge in [-0.2, -0.15) is 4.31 Å². The SMILES string of the molecule is CC(C)N(C)S(=O)(=O)c1cc(CO)n(C2CC2)c1. The molecule has 0 atom stereocenters. The van der Waals surface area contributed by atoms with Gasteiger partial charge in [-0.05, 0) is 32.8 Å². The second-order valence-corrected chi connectivity index (χ2v) is 7.08. The lowest BCUT2D eigenvalue weighted by Crippen LogP contribution is -2.32. The molecule has 0 bridgehead atoms. The van der Waals surface area contributed by atoms with Crippen LogP contribution in [0.25, 0.3) is 0 Å². The molecule has 0 saturated heterocycles. The molecule has 1 fully saturated rings. The standard InChI is InChI=1S/C12H20N2O3S/c1-9(2)13(3)18(16,17)12-6-11(8-15)14(7-12)10-4-5-10/h6-7,9-10,15H,4-5,8H2,1-3H3. The topological polar surface area (TPSA) is 62.5 Å². The zero-order valence-electron chi connectivity index (χ0n) is 11.0. The largest absolute Gasteiger partial charge is 0.390 e. The number of hydrogen-bond donors (Lipinski definition) is 1. The summed E-state index contributed by atoms with van der Waals surface area (Å²) in [6.45, 7) is 3.54. The number of sulfonamides is 1. The summed E-state index contributed by atoms with van der Waals surface area (Å²) in [5.74, 6) is 0. The fraction of sp³-hybridized carbons (Fsp3) is 0.667. The highest BCUT2D eigenvalue weighted by Gasteiger charge is 2.30. The van der Waals surface area contributed by atoms with Crippen molar-refractivity contribution in [3.8, 4) is 0 Å². The Balaban J connectivity index is 2.39. The van der Waals surface area contributed by atoms with Gasteiger partial charge in [-0.15, -0.1) is 0 Å². The van der Waals surface area contributed by atoms with Crippen molar-refractivity contribution < 1.29 is 13.5 Å². The van der Waals surface area contributed by atoms with Gasteiger partial charge in [0.2, 0.25) is 10.0 Å². The Labute approximate surface area is 108 Å². The van der Waals surface area contributed by atoms with Gasteiger partial charge in [0, 0.05) is 31.0 Å². The maximum Gasteiger partial charge on any atom is 0.244 e. The summed E-state index contributed by atoms with van der Waals surface area (Å²) < 4.78 is 27.9. The minimum absolute atomic E-state index is 0.0862. The molecule has 18 heavy (non-hydrogen) atoms. The van der Waals surface area contributed by atoms with Crippen LogP contribution in [-0.4, -0.2) is 35.5 Å². The number of aliphatic hydroxyl groups is 1. The third-order valence-corrected chi connectivity index (χ3v) is 5.41. The summed E-state index contributed by atoms with van der Waals surface area (Å²) in [6, 6.07) is 1.85. The van der Waals surface area contributed by atoms with Crippen molar-refractivity contribution >= 4 is 10.0 Å². The van der Waals surface area contributed by atoms with E-state index >= 15 is 0 Å². The Morgan fingerprint density at radius 2 is 2.11 bits per heavy atom. The minimum Gasteiger partial charge on any atom is -0.390 e. The Kier molecular flexibility index (Phi) is 3.53. The number of aliphatic hydroxyl groups excluding tert-OH is 1. The van der Waals surface area contributed by atoms with E-state index in [4.69, 9.17) is 0 Å². The van der Waals surface area contributed by atoms with Crippen LogP contribution in [0.2, 0.25) is 0 Å². The average Bonchev–Trinajstić information content (AvgIpc) is 3.06. The van der Waals surface area contributed by atoms with Crippen molar-refractivity contribution in [2.75, 3.05) is 7.05 Å². The molecule has 1 N–H and O–H groups in total. The maximum atomic E-state index is 12.3. The first kappa shape index (κ1) is 13.6. The summed E-state index contributed by atoms with van der Waals surface area (Å²) in [6.07, 6.45) is 3.76. The second kappa shape index (κ2) is 4.68. The van der Waals surface area contributed by atoms with E-state index in [1.807, 2.05) is 18.4 Å². The quantitative estimate of drug-likeness (QED) is 0.880. The fourth-order valence-corrected chi connectivity index (χ4v) is 3.32. The summed E-state index contributed by atoms with van der Waals surface area (Å²) in [7, 11) is -1.88. The molecule has 1 aliphatic rings. The van der Waals surface area contributed by atoms with Gasteiger partial charge < -0.3 is 9.67 Å². The van der Waals surface area contributed by atoms with E-state index < -0.39 is 10.0 Å². The molecule has 1 aliphatic carbocycles. The smallest absolute Gasteiger partial charge is 0.244 e. The predicted molar refractivity (Wildman–Crippen MR) is 68.7 cm³/mol. The molecule has 0 aromatic carbocycles. The van der Waals surface area contributed by atoms with Gasteiger partial charge in [0.25, 0.3) is 0 Å². The summed E-state index contributed by atoms with van der Waals surface area (Å²) in [5.41, 5.74) is 0.674. The van der Waals surface area contributed by atoms with Crippen LogP contribution in [0, 0.1) is 0 Å². The Morgan fingerprint density at radius 1 is 1.50 bits per heavy atom. The normalized spacial score (nSPS) is 16.8. The van der Waals surface area contributed by atoms with Crippen LogP contribution in [0.1, 0.15) is 38.4 Å². The Hall–Kier alpha value is -0.850. The van der Waals surface area contributed by atoms with Gasteiger partial charge in [0.05, 0.1) is 6.61 Å². The zero-order valence-corrected chi connectivity index (χ0v) is 11.8. The monoisotopic (exact) mass is 272 g/mol. The number of hydrogen-bond acceptors (Lipinski definition) is 3. The number of nitrogens with zero attached hydrogens (tertiary/aromatic N) is 2. The van der Waals surface area contributed by atoms with Crippen LogP contribution in [0.3, 0.4) is 0 Å². The van der Waals surface area contributed by atoms with Gasteiger partial charge >= 0.3 is 0 Å². The zero-order chi connectivity index (χ0) is 13.5. The van der Waals surface area contributed by atoms with E-state index in [-0.39, 0.29) is 17.5 Å². The molecular formula is C12H20N2O3S. The first-order valence-corrected chi connectivity index (χ1v) is 7.61. The Morgan fingerprint density at radius 3 is 2.56 bits per heavy atom. The van der Waals surface area contributed by atoms with Crippen LogP contribution in [0.4, 0.5) is 0 Å². The average molecular weight is 272 g/mol. The minimum atomic E-state index is -3.45. The molecule has 102 valence electrons. The van der Waals surface area contributed by atoms with Gasteiger partial charge in [0.15, 0.2) is 0 Å². The van der Waals surface area contributed by atoms with Gasteiger partial charge in [-0.25, -0.2) is 8.42 Å². The van der Waals surface area contributed by atoms with Crippen LogP contribution in [-0.2, 0) is 16.6 Å². The molecule has 1 aromatic heterocycles. The summed E-state index contributed by atoms with van der Waals surface area (Å²) in [5, 5.41) is 9.29. The van der Waals surface area contributed by atoms with Crippen molar-refractivity contribution in [2.24, 2.45) is 0 Å². The number of rotatable bonds is 5. The first-order chi connectivity index (χ1) is 8.37. The van der Waals surface area contributed by atoms with E-state index in [0.717, 1.165) is 12.8 Å². The van der Waals surface area contributed by atoms with E-state index in [1.54, 1.807) is 19.3 Å². The molecule has 2 rings (SSSR count). The molecule has 0 unspecified atom stereocenters. The summed E-state index contributed by atoms with van der Waals surface area (Å²) >= 11 is 0. The molecule has 0 spiro atoms. The van der Waals surface area contributed by atoms with Gasteiger partial charge in [-0.3, -0.25) is 0 Å². The van der Waals surface area contributed by atoms with Crippen LogP contribution in [0.5, 0.6) is 0 Å². The molecule has 0 amide bonds. The van der Waals surface area contributed by atoms with E-state index in [2.05, 4.69) is 0 Å². The molecule has 1 aromatic rings. The molecule has 1 heterocycles. The lowest BCUT2D eigenvalue weighted by atomic mass is 10.4. The van der Waals surface area contributed by atoms with Crippen LogP contribution < -0.4 is 0 Å². The van der Waals surface area contributed by atoms with Crippen LogP contribution >= 0.6 is 0 Å².